The quantitative estimate of drug-likeness (QED) is 0.711. The van der Waals surface area contributed by atoms with Gasteiger partial charge >= 0.3 is 0 Å². The lowest BCUT2D eigenvalue weighted by Crippen LogP contribution is -2.07. The fourth-order valence-corrected chi connectivity index (χ4v) is 1.45. The zero-order valence-corrected chi connectivity index (χ0v) is 9.44. The molecule has 0 amide bonds. The molecule has 0 spiro atoms. The van der Waals surface area contributed by atoms with Gasteiger partial charge in [0.15, 0.2) is 0 Å². The van der Waals surface area contributed by atoms with Crippen molar-refractivity contribution in [3.05, 3.63) is 42.0 Å². The highest BCUT2D eigenvalue weighted by Gasteiger charge is 2.07. The molecule has 0 fully saturated rings. The summed E-state index contributed by atoms with van der Waals surface area (Å²) in [6.07, 6.45) is 5.62. The molecular formula is C14H18O. The molecule has 1 rings (SSSR count). The van der Waals surface area contributed by atoms with E-state index in [2.05, 4.69) is 24.3 Å². The largest absolute Gasteiger partial charge is 0.299 e. The third-order valence-corrected chi connectivity index (χ3v) is 2.50. The molecule has 0 bridgehead atoms. The van der Waals surface area contributed by atoms with Crippen LogP contribution in [0.25, 0.3) is 6.08 Å². The summed E-state index contributed by atoms with van der Waals surface area (Å²) in [4.78, 5) is 11.3. The van der Waals surface area contributed by atoms with Crippen molar-refractivity contribution < 1.29 is 4.79 Å². The first-order valence-electron chi connectivity index (χ1n) is 5.48. The molecule has 1 heteroatoms. The highest BCUT2D eigenvalue weighted by Crippen LogP contribution is 2.09. The van der Waals surface area contributed by atoms with E-state index in [4.69, 9.17) is 0 Å². The van der Waals surface area contributed by atoms with Crippen molar-refractivity contribution in [2.45, 2.75) is 26.7 Å². The van der Waals surface area contributed by atoms with E-state index in [-0.39, 0.29) is 5.92 Å². The van der Waals surface area contributed by atoms with E-state index in [0.717, 1.165) is 6.42 Å². The molecule has 0 aromatic heterocycles. The van der Waals surface area contributed by atoms with Crippen LogP contribution >= 0.6 is 0 Å². The molecule has 1 unspecified atom stereocenters. The van der Waals surface area contributed by atoms with E-state index in [9.17, 15) is 4.79 Å². The van der Waals surface area contributed by atoms with Gasteiger partial charge in [0.2, 0.25) is 0 Å². The lowest BCUT2D eigenvalue weighted by atomic mass is 10.00. The van der Waals surface area contributed by atoms with Gasteiger partial charge < -0.3 is 0 Å². The van der Waals surface area contributed by atoms with Crippen molar-refractivity contribution >= 4 is 11.9 Å². The third-order valence-electron chi connectivity index (χ3n) is 2.50. The Hall–Kier alpha value is -1.37. The average molecular weight is 202 g/mol. The summed E-state index contributed by atoms with van der Waals surface area (Å²) >= 11 is 0. The first-order valence-corrected chi connectivity index (χ1v) is 5.48. The molecule has 0 aliphatic rings. The van der Waals surface area contributed by atoms with Crippen molar-refractivity contribution in [2.75, 3.05) is 0 Å². The molecule has 0 saturated carbocycles. The van der Waals surface area contributed by atoms with Crippen molar-refractivity contribution in [1.82, 2.24) is 0 Å². The van der Waals surface area contributed by atoms with Crippen LogP contribution in [0.3, 0.4) is 0 Å². The number of benzene rings is 1. The summed E-state index contributed by atoms with van der Waals surface area (Å²) in [5.74, 6) is 0.489. The van der Waals surface area contributed by atoms with Crippen LogP contribution in [0, 0.1) is 5.92 Å². The molecule has 80 valence electrons. The van der Waals surface area contributed by atoms with Crippen molar-refractivity contribution in [1.29, 1.82) is 0 Å². The molecule has 1 nitrogen and oxygen atoms in total. The molecule has 0 saturated heterocycles. The molecule has 1 aromatic carbocycles. The summed E-state index contributed by atoms with van der Waals surface area (Å²) in [6.45, 7) is 3.90. The molecule has 15 heavy (non-hydrogen) atoms. The maximum atomic E-state index is 11.3. The standard InChI is InChI=1S/C14H18O/c1-3-14(15)12(2)8-7-11-13-9-5-4-6-10-13/h4-7,9-12H,3,8H2,1-2H3. The summed E-state index contributed by atoms with van der Waals surface area (Å²) in [5.41, 5.74) is 1.19. The Morgan fingerprint density at radius 3 is 2.60 bits per heavy atom. The number of carbonyl (C=O) groups excluding carboxylic acids is 1. The maximum absolute atomic E-state index is 11.3. The number of rotatable bonds is 5. The molecule has 1 aromatic rings. The first-order chi connectivity index (χ1) is 7.24. The summed E-state index contributed by atoms with van der Waals surface area (Å²) in [5, 5.41) is 0. The number of hydrogen-bond acceptors (Lipinski definition) is 1. The van der Waals surface area contributed by atoms with Gasteiger partial charge in [-0.1, -0.05) is 56.3 Å². The first kappa shape index (κ1) is 11.7. The topological polar surface area (TPSA) is 17.1 Å². The Morgan fingerprint density at radius 2 is 2.00 bits per heavy atom. The minimum Gasteiger partial charge on any atom is -0.299 e. The normalized spacial score (nSPS) is 12.9. The van der Waals surface area contributed by atoms with Gasteiger partial charge in [-0.05, 0) is 12.0 Å². The second kappa shape index (κ2) is 6.18. The molecular weight excluding hydrogens is 184 g/mol. The van der Waals surface area contributed by atoms with Crippen LogP contribution in [0.5, 0.6) is 0 Å². The predicted molar refractivity (Wildman–Crippen MR) is 64.6 cm³/mol. The van der Waals surface area contributed by atoms with E-state index < -0.39 is 0 Å². The summed E-state index contributed by atoms with van der Waals surface area (Å²) < 4.78 is 0. The summed E-state index contributed by atoms with van der Waals surface area (Å²) in [7, 11) is 0. The zero-order valence-electron chi connectivity index (χ0n) is 9.44. The van der Waals surface area contributed by atoms with Crippen LogP contribution < -0.4 is 0 Å². The fourth-order valence-electron chi connectivity index (χ4n) is 1.45. The number of carbonyl (C=O) groups is 1. The van der Waals surface area contributed by atoms with Gasteiger partial charge in [-0.15, -0.1) is 0 Å². The van der Waals surface area contributed by atoms with Crippen LogP contribution in [-0.4, -0.2) is 5.78 Å². The highest BCUT2D eigenvalue weighted by molar-refractivity contribution is 5.80. The fraction of sp³-hybridized carbons (Fsp3) is 0.357. The van der Waals surface area contributed by atoms with Gasteiger partial charge in [0, 0.05) is 12.3 Å². The molecule has 0 aliphatic heterocycles. The Balaban J connectivity index is 2.43. The third kappa shape index (κ3) is 4.11. The monoisotopic (exact) mass is 202 g/mol. The van der Waals surface area contributed by atoms with Crippen LogP contribution in [0.1, 0.15) is 32.3 Å². The molecule has 1 atom stereocenters. The SMILES string of the molecule is CCC(=O)C(C)CC=Cc1ccccc1. The minimum absolute atomic E-state index is 0.148. The maximum Gasteiger partial charge on any atom is 0.135 e. The smallest absolute Gasteiger partial charge is 0.135 e. The van der Waals surface area contributed by atoms with Crippen LogP contribution in [0.2, 0.25) is 0 Å². The van der Waals surface area contributed by atoms with Crippen LogP contribution in [-0.2, 0) is 4.79 Å². The highest BCUT2D eigenvalue weighted by atomic mass is 16.1. The molecule has 0 N–H and O–H groups in total. The number of ketones is 1. The molecule has 0 radical (unpaired) electrons. The number of hydrogen-bond donors (Lipinski definition) is 0. The van der Waals surface area contributed by atoms with E-state index in [1.54, 1.807) is 0 Å². The van der Waals surface area contributed by atoms with Gasteiger partial charge in [-0.25, -0.2) is 0 Å². The zero-order chi connectivity index (χ0) is 11.1. The van der Waals surface area contributed by atoms with Gasteiger partial charge in [0.25, 0.3) is 0 Å². The van der Waals surface area contributed by atoms with Gasteiger partial charge in [0.05, 0.1) is 0 Å². The van der Waals surface area contributed by atoms with E-state index in [1.807, 2.05) is 32.0 Å². The Labute approximate surface area is 91.8 Å². The number of allylic oxidation sites excluding steroid dienone is 1. The van der Waals surface area contributed by atoms with Gasteiger partial charge in [0.1, 0.15) is 5.78 Å². The van der Waals surface area contributed by atoms with Crippen LogP contribution in [0.15, 0.2) is 36.4 Å². The second-order valence-corrected chi connectivity index (χ2v) is 3.77. The Kier molecular flexibility index (Phi) is 4.82. The Morgan fingerprint density at radius 1 is 1.33 bits per heavy atom. The van der Waals surface area contributed by atoms with Crippen molar-refractivity contribution in [3.8, 4) is 0 Å². The molecule has 0 heterocycles. The van der Waals surface area contributed by atoms with Crippen LogP contribution in [0.4, 0.5) is 0 Å². The average Bonchev–Trinajstić information content (AvgIpc) is 2.29. The lowest BCUT2D eigenvalue weighted by Gasteiger charge is -2.04. The number of Topliss-reactive ketones (excluding diaryl/α,β-unsaturated/α-hetero) is 1. The van der Waals surface area contributed by atoms with E-state index in [1.165, 1.54) is 5.56 Å². The molecule has 0 aliphatic carbocycles. The Bertz CT molecular complexity index is 324. The predicted octanol–water partition coefficient (Wildman–Crippen LogP) is 3.71. The second-order valence-electron chi connectivity index (χ2n) is 3.77. The lowest BCUT2D eigenvalue weighted by molar-refractivity contribution is -0.121. The minimum atomic E-state index is 0.148. The van der Waals surface area contributed by atoms with Gasteiger partial charge in [-0.3, -0.25) is 4.79 Å². The van der Waals surface area contributed by atoms with Crippen molar-refractivity contribution in [2.24, 2.45) is 5.92 Å². The van der Waals surface area contributed by atoms with Gasteiger partial charge in [-0.2, -0.15) is 0 Å². The van der Waals surface area contributed by atoms with Crippen molar-refractivity contribution in [3.63, 3.8) is 0 Å². The van der Waals surface area contributed by atoms with E-state index in [0.29, 0.717) is 12.2 Å². The van der Waals surface area contributed by atoms with E-state index >= 15 is 0 Å². The summed E-state index contributed by atoms with van der Waals surface area (Å²) in [6, 6.07) is 10.1.